The van der Waals surface area contributed by atoms with Gasteiger partial charge in [-0.25, -0.2) is 9.82 Å². The molecule has 0 fully saturated rings. The third kappa shape index (κ3) is 4.99. The Bertz CT molecular complexity index is 1300. The summed E-state index contributed by atoms with van der Waals surface area (Å²) >= 11 is 5.94. The molecule has 3 aromatic rings. The molecule has 0 aliphatic heterocycles. The largest absolute Gasteiger partial charge is 0.455 e. The highest BCUT2D eigenvalue weighted by molar-refractivity contribution is 6.31. The number of aryl methyl sites for hydroxylation is 1. The first-order valence-corrected chi connectivity index (χ1v) is 10.8. The smallest absolute Gasteiger partial charge is 0.305 e. The third-order valence-corrected chi connectivity index (χ3v) is 5.54. The lowest BCUT2D eigenvalue weighted by atomic mass is 9.93. The number of nitrogens with one attached hydrogen (secondary N) is 3. The van der Waals surface area contributed by atoms with Crippen molar-refractivity contribution in [3.05, 3.63) is 93.1 Å². The van der Waals surface area contributed by atoms with Crippen LogP contribution >= 0.6 is 11.6 Å². The number of fused-ring (bicyclic) bond motifs is 1. The summed E-state index contributed by atoms with van der Waals surface area (Å²) in [5, 5.41) is 4.71. The van der Waals surface area contributed by atoms with Crippen molar-refractivity contribution in [2.75, 3.05) is 0 Å². The number of hydrazine groups is 1. The van der Waals surface area contributed by atoms with Crippen molar-refractivity contribution in [2.45, 2.75) is 26.2 Å². The van der Waals surface area contributed by atoms with Crippen LogP contribution in [0, 0.1) is 12.7 Å². The fourth-order valence-electron chi connectivity index (χ4n) is 3.65. The van der Waals surface area contributed by atoms with Crippen LogP contribution in [0.5, 0.6) is 0 Å². The molecule has 1 aliphatic rings. The van der Waals surface area contributed by atoms with E-state index in [1.54, 1.807) is 25.1 Å². The quantitative estimate of drug-likeness (QED) is 0.489. The Hall–Kier alpha value is -3.98. The number of hydrogen-bond donors (Lipinski definition) is 3. The summed E-state index contributed by atoms with van der Waals surface area (Å²) in [6.07, 6.45) is 1.92. The van der Waals surface area contributed by atoms with Gasteiger partial charge in [0.15, 0.2) is 5.76 Å². The molecule has 10 heteroatoms. The van der Waals surface area contributed by atoms with Gasteiger partial charge in [0.2, 0.25) is 0 Å². The van der Waals surface area contributed by atoms with Gasteiger partial charge in [-0.2, -0.15) is 5.10 Å². The number of benzene rings is 2. The summed E-state index contributed by atoms with van der Waals surface area (Å²) in [6, 6.07) is 11.4. The molecule has 174 valence electrons. The van der Waals surface area contributed by atoms with Crippen LogP contribution in [-0.4, -0.2) is 23.4 Å². The molecule has 0 radical (unpaired) electrons. The zero-order valence-corrected chi connectivity index (χ0v) is 18.8. The third-order valence-electron chi connectivity index (χ3n) is 5.31. The number of nitrogens with zero attached hydrogens (tertiary/aromatic N) is 1. The molecule has 0 saturated carbocycles. The summed E-state index contributed by atoms with van der Waals surface area (Å²) < 4.78 is 18.8. The summed E-state index contributed by atoms with van der Waals surface area (Å²) in [4.78, 5) is 37.2. The van der Waals surface area contributed by atoms with E-state index in [-0.39, 0.29) is 11.3 Å². The van der Waals surface area contributed by atoms with E-state index >= 15 is 0 Å². The predicted octanol–water partition coefficient (Wildman–Crippen LogP) is 3.93. The monoisotopic (exact) mass is 482 g/mol. The van der Waals surface area contributed by atoms with Crippen LogP contribution in [0.3, 0.4) is 0 Å². The number of hydrazone groups is 1. The fraction of sp³-hybridized carbons (Fsp3) is 0.167. The van der Waals surface area contributed by atoms with Gasteiger partial charge in [0.25, 0.3) is 11.8 Å². The van der Waals surface area contributed by atoms with Gasteiger partial charge in [0, 0.05) is 33.7 Å². The second-order valence-electron chi connectivity index (χ2n) is 7.63. The van der Waals surface area contributed by atoms with Crippen molar-refractivity contribution >= 4 is 35.0 Å². The summed E-state index contributed by atoms with van der Waals surface area (Å²) in [6.45, 7) is 1.71. The molecular formula is C24H20ClFN4O4. The van der Waals surface area contributed by atoms with Crippen LogP contribution in [0.25, 0.3) is 0 Å². The molecule has 1 aromatic heterocycles. The standard InChI is InChI=1S/C24H20ClFN4O4/c1-13-20-18(27-28-23(32)15-4-2-5-16(25)12-15)6-3-7-19(20)34-21(13)24(33)30-29-22(31)14-8-10-17(26)11-9-14/h2,4-5,8-12H,3,6-7H2,1H3,(H,28,32)(H,29,31)(H,30,33)/b27-18+. The van der Waals surface area contributed by atoms with E-state index in [0.29, 0.717) is 46.0 Å². The molecule has 1 heterocycles. The van der Waals surface area contributed by atoms with Crippen LogP contribution in [0.1, 0.15) is 61.0 Å². The van der Waals surface area contributed by atoms with Gasteiger partial charge >= 0.3 is 5.91 Å². The highest BCUT2D eigenvalue weighted by Gasteiger charge is 2.28. The van der Waals surface area contributed by atoms with Crippen molar-refractivity contribution in [3.63, 3.8) is 0 Å². The predicted molar refractivity (Wildman–Crippen MR) is 123 cm³/mol. The number of amides is 3. The van der Waals surface area contributed by atoms with Crippen LogP contribution in [0.4, 0.5) is 4.39 Å². The Morgan fingerprint density at radius 1 is 0.971 bits per heavy atom. The number of furan rings is 1. The zero-order valence-electron chi connectivity index (χ0n) is 18.1. The Morgan fingerprint density at radius 2 is 1.71 bits per heavy atom. The van der Waals surface area contributed by atoms with Crippen molar-refractivity contribution in [1.29, 1.82) is 0 Å². The topological polar surface area (TPSA) is 113 Å². The van der Waals surface area contributed by atoms with Gasteiger partial charge < -0.3 is 4.42 Å². The Morgan fingerprint density at radius 3 is 2.44 bits per heavy atom. The first kappa shape index (κ1) is 23.2. The van der Waals surface area contributed by atoms with Gasteiger partial charge in [-0.3, -0.25) is 25.2 Å². The minimum Gasteiger partial charge on any atom is -0.455 e. The SMILES string of the molecule is Cc1c(C(=O)NNC(=O)c2ccc(F)cc2)oc2c1/C(=N/NC(=O)c1cccc(Cl)c1)CCC2. The maximum Gasteiger partial charge on any atom is 0.305 e. The Labute approximate surface area is 199 Å². The molecule has 3 N–H and O–H groups in total. The zero-order chi connectivity index (χ0) is 24.2. The normalized spacial score (nSPS) is 13.8. The van der Waals surface area contributed by atoms with Gasteiger partial charge in [0.1, 0.15) is 11.6 Å². The van der Waals surface area contributed by atoms with E-state index in [1.807, 2.05) is 0 Å². The van der Waals surface area contributed by atoms with E-state index in [1.165, 1.54) is 18.2 Å². The van der Waals surface area contributed by atoms with Crippen LogP contribution in [0.2, 0.25) is 5.02 Å². The first-order chi connectivity index (χ1) is 16.3. The fourth-order valence-corrected chi connectivity index (χ4v) is 3.84. The molecule has 3 amide bonds. The van der Waals surface area contributed by atoms with Crippen LogP contribution in [-0.2, 0) is 6.42 Å². The molecule has 1 aliphatic carbocycles. The second kappa shape index (κ2) is 9.88. The maximum absolute atomic E-state index is 13.0. The van der Waals surface area contributed by atoms with E-state index in [9.17, 15) is 18.8 Å². The van der Waals surface area contributed by atoms with Crippen molar-refractivity contribution in [1.82, 2.24) is 16.3 Å². The molecule has 2 aromatic carbocycles. The minimum atomic E-state index is -0.648. The van der Waals surface area contributed by atoms with Crippen molar-refractivity contribution < 1.29 is 23.2 Å². The van der Waals surface area contributed by atoms with E-state index in [0.717, 1.165) is 18.6 Å². The lowest BCUT2D eigenvalue weighted by Gasteiger charge is -2.13. The molecular weight excluding hydrogens is 463 g/mol. The molecule has 0 unspecified atom stereocenters. The maximum atomic E-state index is 13.0. The minimum absolute atomic E-state index is 0.0279. The Kier molecular flexibility index (Phi) is 6.74. The number of carbonyl (C=O) groups excluding carboxylic acids is 3. The lowest BCUT2D eigenvalue weighted by molar-refractivity contribution is 0.0829. The summed E-state index contributed by atoms with van der Waals surface area (Å²) in [5.41, 5.74) is 9.46. The summed E-state index contributed by atoms with van der Waals surface area (Å²) in [7, 11) is 0. The number of halogens is 2. The molecule has 0 spiro atoms. The highest BCUT2D eigenvalue weighted by atomic mass is 35.5. The molecule has 0 atom stereocenters. The number of rotatable bonds is 4. The Balaban J connectivity index is 1.48. The molecule has 34 heavy (non-hydrogen) atoms. The molecule has 0 saturated heterocycles. The lowest BCUT2D eigenvalue weighted by Crippen LogP contribution is -2.41. The van der Waals surface area contributed by atoms with Gasteiger partial charge in [-0.15, -0.1) is 0 Å². The highest BCUT2D eigenvalue weighted by Crippen LogP contribution is 2.29. The van der Waals surface area contributed by atoms with Gasteiger partial charge in [-0.1, -0.05) is 17.7 Å². The van der Waals surface area contributed by atoms with Gasteiger partial charge in [0.05, 0.1) is 5.71 Å². The average molecular weight is 483 g/mol. The first-order valence-electron chi connectivity index (χ1n) is 10.4. The molecule has 0 bridgehead atoms. The number of carbonyl (C=O) groups is 3. The van der Waals surface area contributed by atoms with Crippen molar-refractivity contribution in [2.24, 2.45) is 5.10 Å². The molecule has 8 nitrogen and oxygen atoms in total. The van der Waals surface area contributed by atoms with E-state index in [2.05, 4.69) is 21.4 Å². The van der Waals surface area contributed by atoms with Crippen molar-refractivity contribution in [3.8, 4) is 0 Å². The molecule has 4 rings (SSSR count). The van der Waals surface area contributed by atoms with Gasteiger partial charge in [-0.05, 0) is 62.2 Å². The van der Waals surface area contributed by atoms with Crippen LogP contribution < -0.4 is 16.3 Å². The average Bonchev–Trinajstić information content (AvgIpc) is 3.18. The number of hydrogen-bond acceptors (Lipinski definition) is 5. The van der Waals surface area contributed by atoms with E-state index in [4.69, 9.17) is 16.0 Å². The summed E-state index contributed by atoms with van der Waals surface area (Å²) in [5.74, 6) is -1.53. The van der Waals surface area contributed by atoms with E-state index < -0.39 is 23.5 Å². The second-order valence-corrected chi connectivity index (χ2v) is 8.07. The van der Waals surface area contributed by atoms with Crippen LogP contribution in [0.15, 0.2) is 58.0 Å².